The monoisotopic (exact) mass is 365 g/mol. The fraction of sp³-hybridized carbons (Fsp3) is 0.333. The van der Waals surface area contributed by atoms with Gasteiger partial charge in [0.05, 0.1) is 17.8 Å². The van der Waals surface area contributed by atoms with Gasteiger partial charge in [-0.15, -0.1) is 0 Å². The molecule has 3 rings (SSSR count). The van der Waals surface area contributed by atoms with Crippen molar-refractivity contribution < 1.29 is 22.7 Å². The third kappa shape index (κ3) is 4.39. The molecule has 26 heavy (non-hydrogen) atoms. The summed E-state index contributed by atoms with van der Waals surface area (Å²) in [4.78, 5) is 15.7. The van der Waals surface area contributed by atoms with Crippen LogP contribution in [0.2, 0.25) is 0 Å². The van der Waals surface area contributed by atoms with Crippen molar-refractivity contribution in [3.05, 3.63) is 59.4 Å². The Bertz CT molecular complexity index is 761. The number of amides is 1. The SMILES string of the molecule is C[C@@H]1CNC[C@H](c2ccc(NC(=O)c3ccc(C(F)(F)F)cn3)cc2)O1. The van der Waals surface area contributed by atoms with Crippen molar-refractivity contribution in [3.8, 4) is 0 Å². The summed E-state index contributed by atoms with van der Waals surface area (Å²) in [5.74, 6) is -0.573. The standard InChI is InChI=1S/C18H18F3N3O2/c1-11-8-22-10-16(26-11)12-2-5-14(6-3-12)24-17(25)15-7-4-13(9-23-15)18(19,20)21/h2-7,9,11,16,22H,8,10H2,1H3,(H,24,25)/t11-,16-/m1/s1. The molecule has 0 saturated carbocycles. The summed E-state index contributed by atoms with van der Waals surface area (Å²) >= 11 is 0. The molecule has 2 aromatic rings. The molecule has 0 unspecified atom stereocenters. The summed E-state index contributed by atoms with van der Waals surface area (Å²) in [7, 11) is 0. The normalized spacial score (nSPS) is 20.6. The molecule has 138 valence electrons. The molecule has 1 aromatic carbocycles. The summed E-state index contributed by atoms with van der Waals surface area (Å²) in [6.45, 7) is 3.51. The number of pyridine rings is 1. The molecule has 1 aliphatic heterocycles. The zero-order chi connectivity index (χ0) is 18.7. The van der Waals surface area contributed by atoms with Gasteiger partial charge in [-0.05, 0) is 36.8 Å². The molecule has 2 atom stereocenters. The first kappa shape index (κ1) is 18.3. The number of hydrogen-bond donors (Lipinski definition) is 2. The smallest absolute Gasteiger partial charge is 0.368 e. The number of halogens is 3. The van der Waals surface area contributed by atoms with E-state index in [1.165, 1.54) is 0 Å². The van der Waals surface area contributed by atoms with E-state index in [0.29, 0.717) is 18.4 Å². The van der Waals surface area contributed by atoms with Crippen LogP contribution in [0.3, 0.4) is 0 Å². The van der Waals surface area contributed by atoms with E-state index in [2.05, 4.69) is 15.6 Å². The fourth-order valence-electron chi connectivity index (χ4n) is 2.66. The van der Waals surface area contributed by atoms with Crippen molar-refractivity contribution in [2.75, 3.05) is 18.4 Å². The predicted molar refractivity (Wildman–Crippen MR) is 89.8 cm³/mol. The Labute approximate surface area is 148 Å². The number of anilines is 1. The highest BCUT2D eigenvalue weighted by Crippen LogP contribution is 2.28. The number of rotatable bonds is 3. The summed E-state index contributed by atoms with van der Waals surface area (Å²) in [6, 6.07) is 9.02. The largest absolute Gasteiger partial charge is 0.417 e. The van der Waals surface area contributed by atoms with Gasteiger partial charge in [-0.2, -0.15) is 13.2 Å². The minimum atomic E-state index is -4.48. The molecule has 1 aliphatic rings. The summed E-state index contributed by atoms with van der Waals surface area (Å²) in [5.41, 5.74) is 0.524. The Balaban J connectivity index is 1.64. The summed E-state index contributed by atoms with van der Waals surface area (Å²) in [5, 5.41) is 5.90. The van der Waals surface area contributed by atoms with E-state index in [9.17, 15) is 18.0 Å². The predicted octanol–water partition coefficient (Wildman–Crippen LogP) is 3.40. The van der Waals surface area contributed by atoms with Crippen LogP contribution in [0.25, 0.3) is 0 Å². The lowest BCUT2D eigenvalue weighted by molar-refractivity contribution is -0.137. The first-order valence-corrected chi connectivity index (χ1v) is 8.13. The van der Waals surface area contributed by atoms with E-state index in [0.717, 1.165) is 24.2 Å². The van der Waals surface area contributed by atoms with E-state index in [-0.39, 0.29) is 17.9 Å². The van der Waals surface area contributed by atoms with E-state index in [4.69, 9.17) is 4.74 Å². The maximum absolute atomic E-state index is 12.5. The number of nitrogens with one attached hydrogen (secondary N) is 2. The Morgan fingerprint density at radius 2 is 1.92 bits per heavy atom. The van der Waals surface area contributed by atoms with Crippen molar-refractivity contribution >= 4 is 11.6 Å². The average Bonchev–Trinajstić information content (AvgIpc) is 2.62. The number of hydrogen-bond acceptors (Lipinski definition) is 4. The van der Waals surface area contributed by atoms with Gasteiger partial charge < -0.3 is 15.4 Å². The Morgan fingerprint density at radius 3 is 2.50 bits per heavy atom. The Morgan fingerprint density at radius 1 is 1.19 bits per heavy atom. The fourth-order valence-corrected chi connectivity index (χ4v) is 2.66. The van der Waals surface area contributed by atoms with Gasteiger partial charge in [0.15, 0.2) is 0 Å². The van der Waals surface area contributed by atoms with Crippen LogP contribution in [0.15, 0.2) is 42.6 Å². The molecular formula is C18H18F3N3O2. The van der Waals surface area contributed by atoms with Gasteiger partial charge in [-0.25, -0.2) is 0 Å². The third-order valence-corrected chi connectivity index (χ3v) is 4.02. The summed E-state index contributed by atoms with van der Waals surface area (Å²) < 4.78 is 43.4. The van der Waals surface area contributed by atoms with Crippen LogP contribution in [0.1, 0.15) is 34.6 Å². The minimum absolute atomic E-state index is 0.0555. The third-order valence-electron chi connectivity index (χ3n) is 4.02. The van der Waals surface area contributed by atoms with E-state index < -0.39 is 17.6 Å². The zero-order valence-corrected chi connectivity index (χ0v) is 14.0. The number of alkyl halides is 3. The molecule has 2 N–H and O–H groups in total. The molecular weight excluding hydrogens is 347 g/mol. The van der Waals surface area contributed by atoms with E-state index in [1.54, 1.807) is 12.1 Å². The lowest BCUT2D eigenvalue weighted by Crippen LogP contribution is -2.38. The molecule has 1 saturated heterocycles. The molecule has 0 aliphatic carbocycles. The number of nitrogens with zero attached hydrogens (tertiary/aromatic N) is 1. The second-order valence-electron chi connectivity index (χ2n) is 6.10. The molecule has 2 heterocycles. The van der Waals surface area contributed by atoms with Gasteiger partial charge in [0.25, 0.3) is 5.91 Å². The number of ether oxygens (including phenoxy) is 1. The lowest BCUT2D eigenvalue weighted by atomic mass is 10.1. The van der Waals surface area contributed by atoms with Crippen molar-refractivity contribution in [2.45, 2.75) is 25.3 Å². The van der Waals surface area contributed by atoms with Gasteiger partial charge >= 0.3 is 6.18 Å². The maximum atomic E-state index is 12.5. The molecule has 0 radical (unpaired) electrons. The number of aromatic nitrogens is 1. The number of carbonyl (C=O) groups is 1. The maximum Gasteiger partial charge on any atom is 0.417 e. The first-order chi connectivity index (χ1) is 12.3. The first-order valence-electron chi connectivity index (χ1n) is 8.13. The van der Waals surface area contributed by atoms with Crippen LogP contribution in [-0.4, -0.2) is 30.1 Å². The topological polar surface area (TPSA) is 63.2 Å². The van der Waals surface area contributed by atoms with Crippen molar-refractivity contribution in [1.29, 1.82) is 0 Å². The highest BCUT2D eigenvalue weighted by molar-refractivity contribution is 6.02. The van der Waals surface area contributed by atoms with E-state index >= 15 is 0 Å². The second kappa shape index (κ2) is 7.43. The van der Waals surface area contributed by atoms with Gasteiger partial charge in [0, 0.05) is 25.0 Å². The Hall–Kier alpha value is -2.45. The minimum Gasteiger partial charge on any atom is -0.368 e. The Kier molecular flexibility index (Phi) is 5.24. The number of benzene rings is 1. The lowest BCUT2D eigenvalue weighted by Gasteiger charge is -2.29. The molecule has 1 amide bonds. The number of morpholine rings is 1. The molecule has 1 aromatic heterocycles. The molecule has 1 fully saturated rings. The van der Waals surface area contributed by atoms with Crippen LogP contribution in [0, 0.1) is 0 Å². The molecule has 5 nitrogen and oxygen atoms in total. The van der Waals surface area contributed by atoms with Crippen molar-refractivity contribution in [2.24, 2.45) is 0 Å². The quantitative estimate of drug-likeness (QED) is 0.875. The van der Waals surface area contributed by atoms with Gasteiger partial charge in [0.2, 0.25) is 0 Å². The van der Waals surface area contributed by atoms with Crippen LogP contribution in [0.5, 0.6) is 0 Å². The average molecular weight is 365 g/mol. The molecule has 0 bridgehead atoms. The van der Waals surface area contributed by atoms with Gasteiger partial charge in [-0.3, -0.25) is 9.78 Å². The van der Waals surface area contributed by atoms with Crippen LogP contribution in [-0.2, 0) is 10.9 Å². The summed E-state index contributed by atoms with van der Waals surface area (Å²) in [6.07, 6.45) is -3.77. The van der Waals surface area contributed by atoms with Crippen molar-refractivity contribution in [1.82, 2.24) is 10.3 Å². The zero-order valence-electron chi connectivity index (χ0n) is 14.0. The van der Waals surface area contributed by atoms with Crippen molar-refractivity contribution in [3.63, 3.8) is 0 Å². The van der Waals surface area contributed by atoms with Gasteiger partial charge in [-0.1, -0.05) is 12.1 Å². The highest BCUT2D eigenvalue weighted by Gasteiger charge is 2.31. The van der Waals surface area contributed by atoms with Crippen LogP contribution < -0.4 is 10.6 Å². The molecule has 0 spiro atoms. The number of carbonyl (C=O) groups excluding carboxylic acids is 1. The van der Waals surface area contributed by atoms with Gasteiger partial charge in [0.1, 0.15) is 5.69 Å². The van der Waals surface area contributed by atoms with Crippen LogP contribution in [0.4, 0.5) is 18.9 Å². The second-order valence-corrected chi connectivity index (χ2v) is 6.10. The van der Waals surface area contributed by atoms with E-state index in [1.807, 2.05) is 19.1 Å². The highest BCUT2D eigenvalue weighted by atomic mass is 19.4. The van der Waals surface area contributed by atoms with Crippen LogP contribution >= 0.6 is 0 Å². The molecule has 8 heteroatoms.